The van der Waals surface area contributed by atoms with Gasteiger partial charge in [-0.15, -0.1) is 0 Å². The van der Waals surface area contributed by atoms with Gasteiger partial charge >= 0.3 is 6.18 Å². The Morgan fingerprint density at radius 2 is 1.79 bits per heavy atom. The first-order chi connectivity index (χ1) is 22.5. The molecule has 0 bridgehead atoms. The molecule has 47 heavy (non-hydrogen) atoms. The third-order valence-electron chi connectivity index (χ3n) is 8.15. The molecule has 1 aliphatic heterocycles. The molecule has 0 unspecified atom stereocenters. The third kappa shape index (κ3) is 6.64. The van der Waals surface area contributed by atoms with Gasteiger partial charge in [0.25, 0.3) is 5.56 Å². The van der Waals surface area contributed by atoms with Crippen molar-refractivity contribution in [3.05, 3.63) is 87.2 Å². The number of alkyl halides is 3. The average molecular weight is 666 g/mol. The zero-order chi connectivity index (χ0) is 33.3. The normalized spacial score (nSPS) is 14.0. The lowest BCUT2D eigenvalue weighted by molar-refractivity contribution is -0.140. The van der Waals surface area contributed by atoms with Crippen LogP contribution < -0.4 is 20.9 Å². The maximum atomic E-state index is 13.8. The van der Waals surface area contributed by atoms with Crippen molar-refractivity contribution in [1.82, 2.24) is 30.0 Å². The van der Waals surface area contributed by atoms with Gasteiger partial charge in [-0.3, -0.25) is 9.78 Å². The number of aryl methyl sites for hydroxylation is 1. The van der Waals surface area contributed by atoms with Crippen molar-refractivity contribution >= 4 is 33.9 Å². The second kappa shape index (κ2) is 13.3. The first-order valence-corrected chi connectivity index (χ1v) is 15.2. The topological polar surface area (TPSA) is 116 Å². The summed E-state index contributed by atoms with van der Waals surface area (Å²) in [5, 5.41) is 10.8. The summed E-state index contributed by atoms with van der Waals surface area (Å²) in [7, 11) is 2.96. The molecule has 0 spiro atoms. The molecule has 0 amide bonds. The summed E-state index contributed by atoms with van der Waals surface area (Å²) in [5.74, 6) is 0.153. The third-order valence-corrected chi connectivity index (χ3v) is 8.56. The fourth-order valence-electron chi connectivity index (χ4n) is 5.57. The predicted octanol–water partition coefficient (Wildman–Crippen LogP) is 6.45. The largest absolute Gasteiger partial charge is 0.480 e. The molecule has 3 aromatic heterocycles. The lowest BCUT2D eigenvalue weighted by Gasteiger charge is -2.23. The van der Waals surface area contributed by atoms with Crippen LogP contribution in [0.3, 0.4) is 0 Å². The molecule has 0 saturated carbocycles. The molecule has 0 radical (unpaired) electrons. The number of rotatable bonds is 8. The minimum Gasteiger partial charge on any atom is -0.480 e. The van der Waals surface area contributed by atoms with Crippen molar-refractivity contribution < 1.29 is 22.6 Å². The van der Waals surface area contributed by atoms with Crippen LogP contribution in [0.25, 0.3) is 33.2 Å². The van der Waals surface area contributed by atoms with Crippen LogP contribution in [0.4, 0.5) is 24.7 Å². The fraction of sp³-hybridized carbons (Fsp3) is 0.303. The van der Waals surface area contributed by atoms with Gasteiger partial charge in [0.1, 0.15) is 17.2 Å². The SMILES string of the molecule is COc1nc(-c2cccc(-c3cccc(Nc4nc(C(F)(F)F)cc5cnn(C)c(=O)c45)c3C)c2Cl)cnc1CNC1CCOCC1. The summed E-state index contributed by atoms with van der Waals surface area (Å²) in [4.78, 5) is 26.1. The number of hydrogen-bond acceptors (Lipinski definition) is 9. The van der Waals surface area contributed by atoms with Crippen LogP contribution in [0.1, 0.15) is 29.8 Å². The summed E-state index contributed by atoms with van der Waals surface area (Å²) >= 11 is 7.01. The Morgan fingerprint density at radius 3 is 2.53 bits per heavy atom. The van der Waals surface area contributed by atoms with E-state index in [0.29, 0.717) is 62.8 Å². The van der Waals surface area contributed by atoms with Crippen LogP contribution in [-0.4, -0.2) is 51.1 Å². The van der Waals surface area contributed by atoms with E-state index in [4.69, 9.17) is 26.1 Å². The van der Waals surface area contributed by atoms with E-state index in [9.17, 15) is 18.0 Å². The van der Waals surface area contributed by atoms with E-state index in [-0.39, 0.29) is 16.6 Å². The lowest BCUT2D eigenvalue weighted by Crippen LogP contribution is -2.34. The van der Waals surface area contributed by atoms with Crippen LogP contribution in [0, 0.1) is 6.92 Å². The quantitative estimate of drug-likeness (QED) is 0.193. The number of hydrogen-bond donors (Lipinski definition) is 2. The second-order valence-electron chi connectivity index (χ2n) is 11.1. The molecular weight excluding hydrogens is 635 g/mol. The van der Waals surface area contributed by atoms with Crippen molar-refractivity contribution in [1.29, 1.82) is 0 Å². The van der Waals surface area contributed by atoms with E-state index in [1.807, 2.05) is 24.3 Å². The number of pyridine rings is 1. The van der Waals surface area contributed by atoms with Gasteiger partial charge in [0.15, 0.2) is 0 Å². The van der Waals surface area contributed by atoms with E-state index in [1.54, 1.807) is 32.4 Å². The molecule has 1 fully saturated rings. The van der Waals surface area contributed by atoms with Crippen LogP contribution in [0.15, 0.2) is 59.7 Å². The first kappa shape index (κ1) is 32.4. The van der Waals surface area contributed by atoms with Gasteiger partial charge in [-0.25, -0.2) is 14.6 Å². The molecule has 1 saturated heterocycles. The predicted molar refractivity (Wildman–Crippen MR) is 173 cm³/mol. The minimum absolute atomic E-state index is 0.0146. The van der Waals surface area contributed by atoms with Gasteiger partial charge in [0, 0.05) is 55.0 Å². The van der Waals surface area contributed by atoms with Gasteiger partial charge in [0.2, 0.25) is 5.88 Å². The molecule has 2 N–H and O–H groups in total. The Kier molecular flexibility index (Phi) is 9.13. The second-order valence-corrected chi connectivity index (χ2v) is 11.5. The van der Waals surface area contributed by atoms with Gasteiger partial charge in [0.05, 0.1) is 35.6 Å². The monoisotopic (exact) mass is 665 g/mol. The summed E-state index contributed by atoms with van der Waals surface area (Å²) in [6.45, 7) is 3.75. The molecule has 5 aromatic rings. The molecule has 4 heterocycles. The molecule has 2 aromatic carbocycles. The molecule has 1 aliphatic rings. The van der Waals surface area contributed by atoms with Crippen molar-refractivity contribution in [3.8, 4) is 28.3 Å². The number of aromatic nitrogens is 5. The fourth-order valence-corrected chi connectivity index (χ4v) is 5.90. The number of nitrogens with one attached hydrogen (secondary N) is 2. The number of ether oxygens (including phenoxy) is 2. The van der Waals surface area contributed by atoms with Crippen LogP contribution in [-0.2, 0) is 24.5 Å². The highest BCUT2D eigenvalue weighted by atomic mass is 35.5. The summed E-state index contributed by atoms with van der Waals surface area (Å²) in [5.41, 5.74) is 2.57. The molecule has 0 atom stereocenters. The van der Waals surface area contributed by atoms with Crippen molar-refractivity contribution in [3.63, 3.8) is 0 Å². The summed E-state index contributed by atoms with van der Waals surface area (Å²) in [6.07, 6.45) is -0.0219. The van der Waals surface area contributed by atoms with E-state index in [1.165, 1.54) is 13.2 Å². The van der Waals surface area contributed by atoms with Gasteiger partial charge in [-0.2, -0.15) is 18.3 Å². The van der Waals surface area contributed by atoms with E-state index < -0.39 is 17.4 Å². The highest BCUT2D eigenvalue weighted by molar-refractivity contribution is 6.36. The minimum atomic E-state index is -4.73. The van der Waals surface area contributed by atoms with E-state index >= 15 is 0 Å². The Balaban J connectivity index is 1.34. The molecule has 10 nitrogen and oxygen atoms in total. The van der Waals surface area contributed by atoms with E-state index in [2.05, 4.69) is 25.7 Å². The lowest BCUT2D eigenvalue weighted by atomic mass is 9.96. The number of fused-ring (bicyclic) bond motifs is 1. The van der Waals surface area contributed by atoms with Crippen molar-refractivity contribution in [2.45, 2.75) is 38.5 Å². The Morgan fingerprint density at radius 1 is 1.06 bits per heavy atom. The molecule has 14 heteroatoms. The Bertz CT molecular complexity index is 2010. The molecule has 0 aliphatic carbocycles. The number of anilines is 2. The number of methoxy groups -OCH3 is 1. The van der Waals surface area contributed by atoms with Crippen LogP contribution >= 0.6 is 11.6 Å². The smallest absolute Gasteiger partial charge is 0.433 e. The van der Waals surface area contributed by atoms with Gasteiger partial charge in [-0.1, -0.05) is 41.9 Å². The van der Waals surface area contributed by atoms with Crippen LogP contribution in [0.5, 0.6) is 5.88 Å². The standard InChI is InChI=1S/C33H31ClF3N7O3/c1-18-21(6-5-9-24(18)41-30-28-19(15-40-44(2)32(28)45)14-27(43-30)33(35,36)37)22-7-4-8-23(29(22)34)25-16-39-26(31(42-25)46-3)17-38-20-10-12-47-13-11-20/h4-9,14-16,20,38H,10-13,17H2,1-3H3,(H,41,43). The average Bonchev–Trinajstić information content (AvgIpc) is 3.06. The highest BCUT2D eigenvalue weighted by Gasteiger charge is 2.34. The zero-order valence-corrected chi connectivity index (χ0v) is 26.5. The Hall–Kier alpha value is -4.59. The molecular formula is C33H31ClF3N7O3. The molecule has 6 rings (SSSR count). The summed E-state index contributed by atoms with van der Waals surface area (Å²) in [6, 6.07) is 11.9. The maximum Gasteiger partial charge on any atom is 0.433 e. The van der Waals surface area contributed by atoms with Crippen LogP contribution in [0.2, 0.25) is 5.02 Å². The Labute approximate surface area is 272 Å². The first-order valence-electron chi connectivity index (χ1n) is 14.9. The van der Waals surface area contributed by atoms with Gasteiger partial charge < -0.3 is 20.1 Å². The molecule has 244 valence electrons. The van der Waals surface area contributed by atoms with Crippen molar-refractivity contribution in [2.24, 2.45) is 7.05 Å². The number of benzene rings is 2. The number of nitrogens with zero attached hydrogens (tertiary/aromatic N) is 5. The summed E-state index contributed by atoms with van der Waals surface area (Å²) < 4.78 is 53.3. The number of halogens is 4. The van der Waals surface area contributed by atoms with Gasteiger partial charge in [-0.05, 0) is 43.0 Å². The zero-order valence-electron chi connectivity index (χ0n) is 25.8. The maximum absolute atomic E-state index is 13.8. The van der Waals surface area contributed by atoms with Crippen molar-refractivity contribution in [2.75, 3.05) is 25.6 Å². The highest BCUT2D eigenvalue weighted by Crippen LogP contribution is 2.40. The van der Waals surface area contributed by atoms with E-state index in [0.717, 1.165) is 36.8 Å².